The molecule has 1 aromatic heterocycles. The number of benzene rings is 1. The van der Waals surface area contributed by atoms with E-state index in [0.29, 0.717) is 15.4 Å². The highest BCUT2D eigenvalue weighted by Crippen LogP contribution is 2.35. The van der Waals surface area contributed by atoms with Crippen molar-refractivity contribution in [2.75, 3.05) is 0 Å². The molecule has 0 spiro atoms. The minimum atomic E-state index is -4.43. The Morgan fingerprint density at radius 2 is 1.89 bits per heavy atom. The number of hydrogen-bond acceptors (Lipinski definition) is 2. The van der Waals surface area contributed by atoms with Crippen LogP contribution in [0.25, 0.3) is 10.9 Å². The molecule has 0 unspecified atom stereocenters. The van der Waals surface area contributed by atoms with Gasteiger partial charge in [0.05, 0.1) is 5.52 Å². The Bertz CT molecular complexity index is 648. The van der Waals surface area contributed by atoms with Crippen LogP contribution in [0.3, 0.4) is 0 Å². The van der Waals surface area contributed by atoms with Crippen LogP contribution in [0.5, 0.6) is 0 Å². The number of fused-ring (bicyclic) bond motifs is 1. The van der Waals surface area contributed by atoms with E-state index in [4.69, 9.17) is 11.6 Å². The van der Waals surface area contributed by atoms with Gasteiger partial charge in [0.1, 0.15) is 5.15 Å². The summed E-state index contributed by atoms with van der Waals surface area (Å²) in [5, 5.41) is 0.0343. The second-order valence-corrected chi connectivity index (χ2v) is 5.15. The number of aryl methyl sites for hydroxylation is 1. The quantitative estimate of drug-likeness (QED) is 0.574. The van der Waals surface area contributed by atoms with Crippen molar-refractivity contribution in [3.05, 3.63) is 33.1 Å². The maximum atomic E-state index is 13.3. The molecule has 1 heterocycles. The average Bonchev–Trinajstić information content (AvgIpc) is 2.29. The van der Waals surface area contributed by atoms with Crippen molar-refractivity contribution in [1.82, 2.24) is 9.97 Å². The molecule has 102 valence electrons. The Kier molecular flexibility index (Phi) is 3.70. The van der Waals surface area contributed by atoms with E-state index in [0.717, 1.165) is 0 Å². The summed E-state index contributed by atoms with van der Waals surface area (Å²) in [6.07, 6.45) is -3.89. The summed E-state index contributed by atoms with van der Waals surface area (Å²) in [4.78, 5) is 6.80. The van der Waals surface area contributed by atoms with Crippen LogP contribution in [-0.2, 0) is 5.92 Å². The zero-order valence-corrected chi connectivity index (χ0v) is 11.7. The topological polar surface area (TPSA) is 25.8 Å². The third-order valence-electron chi connectivity index (χ3n) is 2.48. The first-order valence-corrected chi connectivity index (χ1v) is 6.20. The SMILES string of the molecule is Cc1cc(Br)cc2c(Cl)nc(C(F)(F)C(F)F)nc12. The van der Waals surface area contributed by atoms with Gasteiger partial charge in [-0.3, -0.25) is 0 Å². The lowest BCUT2D eigenvalue weighted by atomic mass is 10.1. The van der Waals surface area contributed by atoms with E-state index in [1.54, 1.807) is 13.0 Å². The van der Waals surface area contributed by atoms with Gasteiger partial charge in [-0.2, -0.15) is 8.78 Å². The van der Waals surface area contributed by atoms with Crippen molar-refractivity contribution in [2.24, 2.45) is 0 Å². The Morgan fingerprint density at radius 3 is 2.47 bits per heavy atom. The number of nitrogens with zero attached hydrogens (tertiary/aromatic N) is 2. The molecule has 1 aromatic carbocycles. The molecular weight excluding hydrogens is 351 g/mol. The molecule has 0 amide bonds. The second kappa shape index (κ2) is 4.86. The number of hydrogen-bond donors (Lipinski definition) is 0. The van der Waals surface area contributed by atoms with E-state index in [2.05, 4.69) is 25.9 Å². The highest BCUT2D eigenvalue weighted by atomic mass is 79.9. The Hall–Kier alpha value is -0.950. The van der Waals surface area contributed by atoms with Crippen molar-refractivity contribution >= 4 is 38.4 Å². The van der Waals surface area contributed by atoms with E-state index >= 15 is 0 Å². The number of halogens is 6. The van der Waals surface area contributed by atoms with Crippen LogP contribution in [0.1, 0.15) is 11.4 Å². The normalized spacial score (nSPS) is 12.4. The van der Waals surface area contributed by atoms with Crippen molar-refractivity contribution in [1.29, 1.82) is 0 Å². The summed E-state index contributed by atoms with van der Waals surface area (Å²) >= 11 is 8.98. The van der Waals surface area contributed by atoms with Crippen LogP contribution in [0, 0.1) is 6.92 Å². The van der Waals surface area contributed by atoms with Crippen LogP contribution < -0.4 is 0 Å². The van der Waals surface area contributed by atoms with E-state index in [9.17, 15) is 17.6 Å². The van der Waals surface area contributed by atoms with E-state index in [-0.39, 0.29) is 10.7 Å². The number of aromatic nitrogens is 2. The summed E-state index contributed by atoms with van der Waals surface area (Å²) < 4.78 is 51.8. The number of alkyl halides is 4. The van der Waals surface area contributed by atoms with Crippen LogP contribution in [0.2, 0.25) is 5.15 Å². The predicted molar refractivity (Wildman–Crippen MR) is 66.9 cm³/mol. The van der Waals surface area contributed by atoms with Gasteiger partial charge < -0.3 is 0 Å². The summed E-state index contributed by atoms with van der Waals surface area (Å²) in [5.74, 6) is -5.71. The summed E-state index contributed by atoms with van der Waals surface area (Å²) in [6, 6.07) is 3.16. The van der Waals surface area contributed by atoms with E-state index < -0.39 is 18.2 Å². The van der Waals surface area contributed by atoms with Crippen LogP contribution in [-0.4, -0.2) is 16.4 Å². The fraction of sp³-hybridized carbons (Fsp3) is 0.273. The number of rotatable bonds is 2. The largest absolute Gasteiger partial charge is 0.365 e. The van der Waals surface area contributed by atoms with Gasteiger partial charge in [0.2, 0.25) is 5.82 Å². The molecule has 19 heavy (non-hydrogen) atoms. The molecular formula is C11H6BrClF4N2. The van der Waals surface area contributed by atoms with Gasteiger partial charge in [0, 0.05) is 9.86 Å². The first-order chi connectivity index (χ1) is 8.73. The molecule has 0 bridgehead atoms. The summed E-state index contributed by atoms with van der Waals surface area (Å²) in [7, 11) is 0. The monoisotopic (exact) mass is 356 g/mol. The molecule has 2 aromatic rings. The maximum absolute atomic E-state index is 13.3. The van der Waals surface area contributed by atoms with Crippen molar-refractivity contribution < 1.29 is 17.6 Å². The van der Waals surface area contributed by atoms with Gasteiger partial charge in [-0.05, 0) is 24.6 Å². The fourth-order valence-electron chi connectivity index (χ4n) is 1.57. The van der Waals surface area contributed by atoms with Gasteiger partial charge in [0.15, 0.2) is 0 Å². The van der Waals surface area contributed by atoms with Gasteiger partial charge in [-0.25, -0.2) is 18.7 Å². The standard InChI is InChI=1S/C11H6BrClF4N2/c1-4-2-5(12)3-6-7(4)18-10(19-8(6)13)11(16,17)9(14)15/h2-3,9H,1H3. The molecule has 0 saturated carbocycles. The van der Waals surface area contributed by atoms with Gasteiger partial charge >= 0.3 is 12.3 Å². The molecule has 0 atom stereocenters. The van der Waals surface area contributed by atoms with E-state index in [1.165, 1.54) is 6.07 Å². The molecule has 0 fully saturated rings. The first-order valence-electron chi connectivity index (χ1n) is 5.03. The van der Waals surface area contributed by atoms with Crippen molar-refractivity contribution in [2.45, 2.75) is 19.3 Å². The van der Waals surface area contributed by atoms with E-state index in [1.807, 2.05) is 0 Å². The maximum Gasteiger partial charge on any atom is 0.365 e. The summed E-state index contributed by atoms with van der Waals surface area (Å²) in [5.41, 5.74) is 0.651. The first kappa shape index (κ1) is 14.5. The van der Waals surface area contributed by atoms with Crippen molar-refractivity contribution in [3.8, 4) is 0 Å². The molecule has 8 heteroatoms. The second-order valence-electron chi connectivity index (χ2n) is 3.88. The predicted octanol–water partition coefficient (Wildman–Crippen LogP) is 4.71. The molecule has 0 radical (unpaired) electrons. The molecule has 0 aliphatic carbocycles. The Labute approximate surface area is 118 Å². The molecule has 2 nitrogen and oxygen atoms in total. The van der Waals surface area contributed by atoms with Crippen LogP contribution in [0.15, 0.2) is 16.6 Å². The molecule has 0 saturated heterocycles. The molecule has 2 rings (SSSR count). The smallest absolute Gasteiger partial charge is 0.226 e. The van der Waals surface area contributed by atoms with Crippen molar-refractivity contribution in [3.63, 3.8) is 0 Å². The molecule has 0 aliphatic heterocycles. The van der Waals surface area contributed by atoms with Crippen LogP contribution in [0.4, 0.5) is 17.6 Å². The van der Waals surface area contributed by atoms with Gasteiger partial charge in [-0.1, -0.05) is 27.5 Å². The third kappa shape index (κ3) is 2.53. The molecule has 0 N–H and O–H groups in total. The van der Waals surface area contributed by atoms with Gasteiger partial charge in [-0.15, -0.1) is 0 Å². The highest BCUT2D eigenvalue weighted by Gasteiger charge is 2.46. The third-order valence-corrected chi connectivity index (χ3v) is 3.23. The fourth-order valence-corrected chi connectivity index (χ4v) is 2.37. The highest BCUT2D eigenvalue weighted by molar-refractivity contribution is 9.10. The zero-order chi connectivity index (χ0) is 14.4. The lowest BCUT2D eigenvalue weighted by Gasteiger charge is -2.15. The van der Waals surface area contributed by atoms with Crippen LogP contribution >= 0.6 is 27.5 Å². The van der Waals surface area contributed by atoms with Gasteiger partial charge in [0.25, 0.3) is 0 Å². The molecule has 0 aliphatic rings. The minimum absolute atomic E-state index is 0.124. The Balaban J connectivity index is 2.76. The summed E-state index contributed by atoms with van der Waals surface area (Å²) in [6.45, 7) is 1.61. The zero-order valence-electron chi connectivity index (χ0n) is 9.39. The minimum Gasteiger partial charge on any atom is -0.226 e. The lowest BCUT2D eigenvalue weighted by molar-refractivity contribution is -0.140. The Morgan fingerprint density at radius 1 is 1.26 bits per heavy atom. The lowest BCUT2D eigenvalue weighted by Crippen LogP contribution is -2.26. The average molecular weight is 358 g/mol.